The Morgan fingerprint density at radius 1 is 0.886 bits per heavy atom. The molecule has 0 aliphatic heterocycles. The second-order valence-corrected chi connectivity index (χ2v) is 9.46. The van der Waals surface area contributed by atoms with Crippen molar-refractivity contribution in [1.29, 1.82) is 0 Å². The number of nitrogens with zero attached hydrogens (tertiary/aromatic N) is 2. The summed E-state index contributed by atoms with van der Waals surface area (Å²) in [4.78, 5) is 62.7. The molecule has 11 nitrogen and oxygen atoms in total. The zero-order valence-corrected chi connectivity index (χ0v) is 20.8. The summed E-state index contributed by atoms with van der Waals surface area (Å²) in [6, 6.07) is 6.70. The maximum absolute atomic E-state index is 13.2. The van der Waals surface area contributed by atoms with E-state index in [-0.39, 0.29) is 56.1 Å². The number of H-pyrrole nitrogens is 2. The van der Waals surface area contributed by atoms with Crippen LogP contribution in [0.2, 0.25) is 0 Å². The largest absolute Gasteiger partial charge is 0.497 e. The van der Waals surface area contributed by atoms with Gasteiger partial charge in [-0.15, -0.1) is 0 Å². The van der Waals surface area contributed by atoms with Gasteiger partial charge in [0.05, 0.1) is 35.7 Å². The van der Waals surface area contributed by atoms with Gasteiger partial charge in [-0.25, -0.2) is 9.97 Å². The van der Waals surface area contributed by atoms with E-state index < -0.39 is 17.0 Å². The lowest BCUT2D eigenvalue weighted by Crippen LogP contribution is -2.28. The molecule has 0 radical (unpaired) electrons. The second-order valence-electron chi connectivity index (χ2n) is 7.53. The van der Waals surface area contributed by atoms with Crippen molar-refractivity contribution in [2.45, 2.75) is 30.1 Å². The number of thioether (sulfide) groups is 2. The number of aromatic amines is 2. The summed E-state index contributed by atoms with van der Waals surface area (Å²) in [6.45, 7) is 2.84. The van der Waals surface area contributed by atoms with Crippen LogP contribution in [-0.4, -0.2) is 50.1 Å². The Kier molecular flexibility index (Phi) is 8.35. The summed E-state index contributed by atoms with van der Waals surface area (Å²) in [5.41, 5.74) is 11.8. The van der Waals surface area contributed by atoms with Gasteiger partial charge in [-0.1, -0.05) is 35.7 Å². The van der Waals surface area contributed by atoms with Gasteiger partial charge in [-0.2, -0.15) is 0 Å². The van der Waals surface area contributed by atoms with Gasteiger partial charge in [-0.05, 0) is 31.5 Å². The van der Waals surface area contributed by atoms with E-state index in [4.69, 9.17) is 16.2 Å². The number of anilines is 2. The fourth-order valence-corrected chi connectivity index (χ4v) is 4.60. The Bertz CT molecular complexity index is 1290. The number of methoxy groups -OCH3 is 1. The zero-order chi connectivity index (χ0) is 25.7. The van der Waals surface area contributed by atoms with Crippen molar-refractivity contribution in [1.82, 2.24) is 19.9 Å². The Morgan fingerprint density at radius 2 is 1.31 bits per heavy atom. The molecule has 0 aliphatic carbocycles. The lowest BCUT2D eigenvalue weighted by Gasteiger charge is -2.20. The quantitative estimate of drug-likeness (QED) is 0.226. The molecular weight excluding hydrogens is 492 g/mol. The van der Waals surface area contributed by atoms with Crippen molar-refractivity contribution in [3.63, 3.8) is 0 Å². The molecule has 6 N–H and O–H groups in total. The van der Waals surface area contributed by atoms with Crippen LogP contribution >= 0.6 is 23.5 Å². The number of nitrogens with one attached hydrogen (secondary N) is 2. The summed E-state index contributed by atoms with van der Waals surface area (Å²) in [5, 5.41) is 0.354. The monoisotopic (exact) mass is 516 g/mol. The predicted octanol–water partition coefficient (Wildman–Crippen LogP) is 1.57. The molecule has 0 saturated carbocycles. The zero-order valence-electron chi connectivity index (χ0n) is 19.2. The molecule has 1 aromatic carbocycles. The fraction of sp³-hybridized carbons (Fsp3) is 0.273. The van der Waals surface area contributed by atoms with E-state index in [9.17, 15) is 19.2 Å². The number of ether oxygens (including phenoxy) is 1. The average molecular weight is 517 g/mol. The Hall–Kier alpha value is -3.58. The van der Waals surface area contributed by atoms with Crippen LogP contribution in [0.15, 0.2) is 44.2 Å². The van der Waals surface area contributed by atoms with E-state index in [0.717, 1.165) is 23.5 Å². The molecule has 0 amide bonds. The van der Waals surface area contributed by atoms with Crippen LogP contribution in [0.1, 0.15) is 36.5 Å². The van der Waals surface area contributed by atoms with Gasteiger partial charge in [0.1, 0.15) is 29.0 Å². The second kappa shape index (κ2) is 11.2. The van der Waals surface area contributed by atoms with Gasteiger partial charge in [-0.3, -0.25) is 19.2 Å². The first-order valence-corrected chi connectivity index (χ1v) is 12.3. The molecule has 2 aromatic heterocycles. The number of rotatable bonds is 10. The van der Waals surface area contributed by atoms with E-state index in [1.54, 1.807) is 24.3 Å². The van der Waals surface area contributed by atoms with Crippen LogP contribution in [0.4, 0.5) is 11.6 Å². The topological polar surface area (TPSA) is 187 Å². The molecule has 0 atom stereocenters. The molecule has 0 aliphatic rings. The molecule has 3 aromatic rings. The molecule has 0 unspecified atom stereocenters. The van der Waals surface area contributed by atoms with Gasteiger partial charge in [0.15, 0.2) is 10.3 Å². The van der Waals surface area contributed by atoms with E-state index in [1.165, 1.54) is 21.0 Å². The van der Waals surface area contributed by atoms with Crippen molar-refractivity contribution in [2.75, 3.05) is 30.1 Å². The molecule has 2 heterocycles. The van der Waals surface area contributed by atoms with Crippen LogP contribution < -0.4 is 27.3 Å². The van der Waals surface area contributed by atoms with Crippen LogP contribution in [0.25, 0.3) is 0 Å². The van der Waals surface area contributed by atoms with E-state index in [1.807, 2.05) is 0 Å². The minimum atomic E-state index is -1.01. The van der Waals surface area contributed by atoms with E-state index >= 15 is 0 Å². The highest BCUT2D eigenvalue weighted by Crippen LogP contribution is 2.34. The Balaban J connectivity index is 2.19. The molecule has 184 valence electrons. The van der Waals surface area contributed by atoms with Crippen LogP contribution in [0.3, 0.4) is 0 Å². The molecule has 13 heteroatoms. The first-order chi connectivity index (χ1) is 16.6. The van der Waals surface area contributed by atoms with E-state index in [2.05, 4.69) is 19.9 Å². The molecule has 0 bridgehead atoms. The number of hydrogen-bond donors (Lipinski definition) is 4. The van der Waals surface area contributed by atoms with Crippen molar-refractivity contribution in [3.05, 3.63) is 61.7 Å². The number of nitrogens with two attached hydrogens (primary N) is 2. The number of benzene rings is 1. The van der Waals surface area contributed by atoms with Crippen LogP contribution in [0.5, 0.6) is 5.75 Å². The van der Waals surface area contributed by atoms with Gasteiger partial charge < -0.3 is 26.2 Å². The normalized spacial score (nSPS) is 11.0. The van der Waals surface area contributed by atoms with E-state index in [0.29, 0.717) is 11.3 Å². The molecule has 0 fully saturated rings. The van der Waals surface area contributed by atoms with Crippen molar-refractivity contribution in [2.24, 2.45) is 0 Å². The lowest BCUT2D eigenvalue weighted by atomic mass is 9.86. The summed E-state index contributed by atoms with van der Waals surface area (Å²) in [6.07, 6.45) is 0. The smallest absolute Gasteiger partial charge is 0.257 e. The average Bonchev–Trinajstić information content (AvgIpc) is 2.79. The van der Waals surface area contributed by atoms with Gasteiger partial charge in [0.25, 0.3) is 11.1 Å². The van der Waals surface area contributed by atoms with Crippen LogP contribution in [0, 0.1) is 0 Å². The summed E-state index contributed by atoms with van der Waals surface area (Å²) >= 11 is 2.08. The van der Waals surface area contributed by atoms with Crippen molar-refractivity contribution < 1.29 is 14.3 Å². The molecular formula is C22H24N6O5S2. The minimum Gasteiger partial charge on any atom is -0.497 e. The highest BCUT2D eigenvalue weighted by Gasteiger charge is 2.29. The molecule has 35 heavy (non-hydrogen) atoms. The third kappa shape index (κ3) is 6.31. The highest BCUT2D eigenvalue weighted by molar-refractivity contribution is 8.00. The number of ketones is 2. The summed E-state index contributed by atoms with van der Waals surface area (Å²) in [7, 11) is 1.51. The maximum Gasteiger partial charge on any atom is 0.257 e. The highest BCUT2D eigenvalue weighted by atomic mass is 32.2. The van der Waals surface area contributed by atoms with Crippen molar-refractivity contribution >= 4 is 46.7 Å². The first kappa shape index (κ1) is 26.0. The first-order valence-electron chi connectivity index (χ1n) is 10.3. The maximum atomic E-state index is 13.2. The number of Topliss-reactive ketones (excluding diaryl/α,β-unsaturated/α-hetero) is 2. The van der Waals surface area contributed by atoms with Crippen LogP contribution in [-0.2, 0) is 9.59 Å². The number of aromatic nitrogens is 4. The third-order valence-electron chi connectivity index (χ3n) is 4.78. The fourth-order valence-electron chi connectivity index (χ4n) is 3.27. The van der Waals surface area contributed by atoms with Gasteiger partial charge >= 0.3 is 0 Å². The Labute approximate surface area is 208 Å². The SMILES string of the molecule is COc1ccc(C(c2c(N)nc(SCC(C)=O)[nH]c2=O)c2c(N)nc(SCC(C)=O)[nH]c2=O)cc1. The summed E-state index contributed by atoms with van der Waals surface area (Å²) in [5.74, 6) is -0.636. The minimum absolute atomic E-state index is 0.00507. The van der Waals surface area contributed by atoms with Gasteiger partial charge in [0.2, 0.25) is 0 Å². The predicted molar refractivity (Wildman–Crippen MR) is 135 cm³/mol. The third-order valence-corrected chi connectivity index (χ3v) is 6.81. The number of carbonyl (C=O) groups is 2. The number of carbonyl (C=O) groups excluding carboxylic acids is 2. The molecule has 3 rings (SSSR count). The van der Waals surface area contributed by atoms with Crippen molar-refractivity contribution in [3.8, 4) is 5.75 Å². The Morgan fingerprint density at radius 3 is 1.66 bits per heavy atom. The molecule has 0 saturated heterocycles. The summed E-state index contributed by atoms with van der Waals surface area (Å²) < 4.78 is 5.21. The lowest BCUT2D eigenvalue weighted by molar-refractivity contribution is -0.115. The number of hydrogen-bond acceptors (Lipinski definition) is 11. The number of nitrogen functional groups attached to an aromatic ring is 2. The standard InChI is InChI=1S/C22H24N6O5S2/c1-10(29)8-34-21-25-17(23)15(19(31)27-21)14(12-4-6-13(33-3)7-5-12)16-18(24)26-22(28-20(16)32)35-9-11(2)30/h4-7,14H,8-9H2,1-3H3,(H3,23,25,27,31)(H3,24,26,28,32). The molecule has 0 spiro atoms. The van der Waals surface area contributed by atoms with Gasteiger partial charge in [0, 0.05) is 0 Å².